The minimum atomic E-state index is 1.06. The third-order valence-corrected chi connectivity index (χ3v) is 3.31. The zero-order valence-electron chi connectivity index (χ0n) is 9.46. The molecule has 0 aromatic heterocycles. The molecule has 0 heterocycles. The normalized spacial score (nSPS) is 12.1. The molecular weight excluding hydrogens is 192 g/mol. The van der Waals surface area contributed by atoms with Gasteiger partial charge in [0.25, 0.3) is 0 Å². The van der Waals surface area contributed by atoms with E-state index in [1.807, 2.05) is 6.08 Å². The van der Waals surface area contributed by atoms with Crippen LogP contribution in [0, 0.1) is 6.92 Å². The van der Waals surface area contributed by atoms with E-state index in [-0.39, 0.29) is 0 Å². The van der Waals surface area contributed by atoms with E-state index in [1.54, 1.807) is 0 Å². The fourth-order valence-electron chi connectivity index (χ4n) is 2.58. The van der Waals surface area contributed by atoms with Gasteiger partial charge in [-0.05, 0) is 41.2 Å². The summed E-state index contributed by atoms with van der Waals surface area (Å²) in [5.74, 6) is 0. The molecule has 0 nitrogen and oxygen atoms in total. The third kappa shape index (κ3) is 1.23. The molecule has 0 N–H and O–H groups in total. The summed E-state index contributed by atoms with van der Waals surface area (Å²) in [5, 5.41) is 0. The molecule has 2 aromatic rings. The van der Waals surface area contributed by atoms with Crippen molar-refractivity contribution in [1.82, 2.24) is 0 Å². The first-order valence-electron chi connectivity index (χ1n) is 5.64. The second-order valence-corrected chi connectivity index (χ2v) is 4.42. The number of benzene rings is 2. The fraction of sp³-hybridized carbons (Fsp3) is 0.125. The van der Waals surface area contributed by atoms with Crippen LogP contribution in [-0.2, 0) is 6.42 Å². The van der Waals surface area contributed by atoms with Gasteiger partial charge in [-0.2, -0.15) is 0 Å². The SMILES string of the molecule is C=Cc1cccc2c1-c1ccc(C)cc1C2. The quantitative estimate of drug-likeness (QED) is 0.559. The van der Waals surface area contributed by atoms with Gasteiger partial charge in [-0.25, -0.2) is 0 Å². The van der Waals surface area contributed by atoms with Crippen LogP contribution in [0.1, 0.15) is 22.3 Å². The minimum Gasteiger partial charge on any atom is -0.0984 e. The van der Waals surface area contributed by atoms with Crippen molar-refractivity contribution in [2.45, 2.75) is 13.3 Å². The number of hydrogen-bond donors (Lipinski definition) is 0. The summed E-state index contributed by atoms with van der Waals surface area (Å²) >= 11 is 0. The molecular formula is C16H14. The Hall–Kier alpha value is -1.82. The van der Waals surface area contributed by atoms with Crippen molar-refractivity contribution in [2.24, 2.45) is 0 Å². The van der Waals surface area contributed by atoms with Crippen LogP contribution in [0.15, 0.2) is 43.0 Å². The Balaban J connectivity index is 2.31. The van der Waals surface area contributed by atoms with Crippen LogP contribution in [0.5, 0.6) is 0 Å². The monoisotopic (exact) mass is 206 g/mol. The first-order chi connectivity index (χ1) is 7.79. The number of hydrogen-bond acceptors (Lipinski definition) is 0. The average molecular weight is 206 g/mol. The highest BCUT2D eigenvalue weighted by atomic mass is 14.2. The van der Waals surface area contributed by atoms with Gasteiger partial charge in [0, 0.05) is 0 Å². The van der Waals surface area contributed by atoms with Crippen LogP contribution in [0.3, 0.4) is 0 Å². The lowest BCUT2D eigenvalue weighted by Gasteiger charge is -2.05. The van der Waals surface area contributed by atoms with Crippen LogP contribution < -0.4 is 0 Å². The molecule has 78 valence electrons. The smallest absolute Gasteiger partial charge is 0.00131 e. The number of aryl methyl sites for hydroxylation is 1. The first-order valence-corrected chi connectivity index (χ1v) is 5.64. The van der Waals surface area contributed by atoms with Crippen LogP contribution in [-0.4, -0.2) is 0 Å². The topological polar surface area (TPSA) is 0 Å². The van der Waals surface area contributed by atoms with Crippen molar-refractivity contribution in [1.29, 1.82) is 0 Å². The molecule has 0 unspecified atom stereocenters. The van der Waals surface area contributed by atoms with Crippen molar-refractivity contribution in [3.63, 3.8) is 0 Å². The van der Waals surface area contributed by atoms with Crippen LogP contribution in [0.4, 0.5) is 0 Å². The molecule has 0 fully saturated rings. The molecule has 3 rings (SSSR count). The van der Waals surface area contributed by atoms with Crippen LogP contribution >= 0.6 is 0 Å². The molecule has 0 atom stereocenters. The first kappa shape index (κ1) is 9.41. The lowest BCUT2D eigenvalue weighted by atomic mass is 9.99. The summed E-state index contributed by atoms with van der Waals surface area (Å²) in [6.45, 7) is 6.05. The van der Waals surface area contributed by atoms with E-state index in [9.17, 15) is 0 Å². The van der Waals surface area contributed by atoms with Gasteiger partial charge in [0.05, 0.1) is 0 Å². The average Bonchev–Trinajstić information content (AvgIpc) is 2.65. The number of fused-ring (bicyclic) bond motifs is 3. The molecule has 0 amide bonds. The third-order valence-electron chi connectivity index (χ3n) is 3.31. The van der Waals surface area contributed by atoms with E-state index in [4.69, 9.17) is 0 Å². The number of rotatable bonds is 1. The fourth-order valence-corrected chi connectivity index (χ4v) is 2.58. The molecule has 0 aliphatic heterocycles. The Morgan fingerprint density at radius 3 is 2.81 bits per heavy atom. The largest absolute Gasteiger partial charge is 0.0984 e. The maximum atomic E-state index is 3.90. The molecule has 0 saturated heterocycles. The molecule has 0 spiro atoms. The second-order valence-electron chi connectivity index (χ2n) is 4.42. The van der Waals surface area contributed by atoms with Gasteiger partial charge < -0.3 is 0 Å². The van der Waals surface area contributed by atoms with E-state index >= 15 is 0 Å². The van der Waals surface area contributed by atoms with Crippen molar-refractivity contribution < 1.29 is 0 Å². The van der Waals surface area contributed by atoms with E-state index in [1.165, 1.54) is 33.4 Å². The Morgan fingerprint density at radius 2 is 2.00 bits per heavy atom. The van der Waals surface area contributed by atoms with Gasteiger partial charge in [-0.1, -0.05) is 54.6 Å². The Bertz CT molecular complexity index is 577. The highest BCUT2D eigenvalue weighted by molar-refractivity contribution is 5.84. The van der Waals surface area contributed by atoms with E-state index in [2.05, 4.69) is 49.9 Å². The minimum absolute atomic E-state index is 1.06. The molecule has 0 bridgehead atoms. The summed E-state index contributed by atoms with van der Waals surface area (Å²) in [7, 11) is 0. The maximum absolute atomic E-state index is 3.90. The molecule has 0 heteroatoms. The Kier molecular flexibility index (Phi) is 1.97. The summed E-state index contributed by atoms with van der Waals surface area (Å²) < 4.78 is 0. The molecule has 1 aliphatic rings. The Morgan fingerprint density at radius 1 is 1.12 bits per heavy atom. The second kappa shape index (κ2) is 3.34. The molecule has 0 saturated carbocycles. The van der Waals surface area contributed by atoms with Crippen molar-refractivity contribution in [3.8, 4) is 11.1 Å². The molecule has 1 aliphatic carbocycles. The van der Waals surface area contributed by atoms with Crippen molar-refractivity contribution in [3.05, 3.63) is 65.2 Å². The van der Waals surface area contributed by atoms with Crippen molar-refractivity contribution >= 4 is 6.08 Å². The van der Waals surface area contributed by atoms with Crippen molar-refractivity contribution in [2.75, 3.05) is 0 Å². The summed E-state index contributed by atoms with van der Waals surface area (Å²) in [6, 6.07) is 13.2. The summed E-state index contributed by atoms with van der Waals surface area (Å²) in [4.78, 5) is 0. The lowest BCUT2D eigenvalue weighted by molar-refractivity contribution is 1.25. The van der Waals surface area contributed by atoms with Crippen LogP contribution in [0.25, 0.3) is 17.2 Å². The van der Waals surface area contributed by atoms with E-state index in [0.29, 0.717) is 0 Å². The summed E-state index contributed by atoms with van der Waals surface area (Å²) in [6.07, 6.45) is 3.02. The van der Waals surface area contributed by atoms with E-state index < -0.39 is 0 Å². The Labute approximate surface area is 96.3 Å². The standard InChI is InChI=1S/C16H14/c1-3-12-5-4-6-13-10-14-9-11(2)7-8-15(14)16(12)13/h3-9H,1,10H2,2H3. The van der Waals surface area contributed by atoms with Gasteiger partial charge >= 0.3 is 0 Å². The van der Waals surface area contributed by atoms with Gasteiger partial charge in [-0.3, -0.25) is 0 Å². The molecule has 16 heavy (non-hydrogen) atoms. The highest BCUT2D eigenvalue weighted by Gasteiger charge is 2.19. The highest BCUT2D eigenvalue weighted by Crippen LogP contribution is 2.39. The van der Waals surface area contributed by atoms with Gasteiger partial charge in [0.15, 0.2) is 0 Å². The van der Waals surface area contributed by atoms with Gasteiger partial charge in [0.1, 0.15) is 0 Å². The van der Waals surface area contributed by atoms with Gasteiger partial charge in [0.2, 0.25) is 0 Å². The lowest BCUT2D eigenvalue weighted by Crippen LogP contribution is -1.82. The van der Waals surface area contributed by atoms with E-state index in [0.717, 1.165) is 6.42 Å². The molecule has 2 aromatic carbocycles. The predicted molar refractivity (Wildman–Crippen MR) is 69.5 cm³/mol. The predicted octanol–water partition coefficient (Wildman–Crippen LogP) is 4.21. The zero-order chi connectivity index (χ0) is 11.1. The zero-order valence-corrected chi connectivity index (χ0v) is 9.46. The summed E-state index contributed by atoms with van der Waals surface area (Å²) in [5.41, 5.74) is 8.23. The maximum Gasteiger partial charge on any atom is -0.00131 e. The molecule has 0 radical (unpaired) electrons. The van der Waals surface area contributed by atoms with Crippen LogP contribution in [0.2, 0.25) is 0 Å². The van der Waals surface area contributed by atoms with Gasteiger partial charge in [-0.15, -0.1) is 0 Å².